The van der Waals surface area contributed by atoms with Crippen molar-refractivity contribution in [3.05, 3.63) is 46.3 Å². The second kappa shape index (κ2) is 7.16. The van der Waals surface area contributed by atoms with E-state index < -0.39 is 35.0 Å². The highest BCUT2D eigenvalue weighted by atomic mass is 19.4. The van der Waals surface area contributed by atoms with E-state index in [0.717, 1.165) is 0 Å². The van der Waals surface area contributed by atoms with Crippen LogP contribution in [0.5, 0.6) is 0 Å². The average Bonchev–Trinajstić information content (AvgIpc) is 2.52. The summed E-state index contributed by atoms with van der Waals surface area (Å²) >= 11 is 0. The SMILES string of the molecule is CCOC(=O)c1c(C)nc(-c2cc(C(F)(F)F)cc(C(F)(F)F)c2)nc1C. The van der Waals surface area contributed by atoms with Gasteiger partial charge >= 0.3 is 18.3 Å². The number of carbonyl (C=O) groups excluding carboxylic acids is 1. The van der Waals surface area contributed by atoms with E-state index >= 15 is 0 Å². The fraction of sp³-hybridized carbons (Fsp3) is 0.353. The van der Waals surface area contributed by atoms with Crippen LogP contribution in [0.2, 0.25) is 0 Å². The third-order valence-electron chi connectivity index (χ3n) is 3.60. The number of benzene rings is 1. The predicted octanol–water partition coefficient (Wildman–Crippen LogP) is 4.97. The van der Waals surface area contributed by atoms with E-state index in [1.807, 2.05) is 0 Å². The number of hydrogen-bond acceptors (Lipinski definition) is 4. The van der Waals surface area contributed by atoms with Gasteiger partial charge in [0.1, 0.15) is 5.56 Å². The molecule has 0 unspecified atom stereocenters. The van der Waals surface area contributed by atoms with Gasteiger partial charge in [0.25, 0.3) is 0 Å². The maximum Gasteiger partial charge on any atom is 0.416 e. The van der Waals surface area contributed by atoms with E-state index in [1.165, 1.54) is 13.8 Å². The maximum atomic E-state index is 13.0. The van der Waals surface area contributed by atoms with Gasteiger partial charge in [0, 0.05) is 5.56 Å². The number of alkyl halides is 6. The van der Waals surface area contributed by atoms with Crippen LogP contribution in [0, 0.1) is 13.8 Å². The monoisotopic (exact) mass is 392 g/mol. The van der Waals surface area contributed by atoms with E-state index in [4.69, 9.17) is 4.74 Å². The van der Waals surface area contributed by atoms with Gasteiger partial charge in [-0.2, -0.15) is 26.3 Å². The van der Waals surface area contributed by atoms with E-state index in [-0.39, 0.29) is 35.4 Å². The van der Waals surface area contributed by atoms with Crippen molar-refractivity contribution in [2.24, 2.45) is 0 Å². The molecular weight excluding hydrogens is 378 g/mol. The second-order valence-corrected chi connectivity index (χ2v) is 5.61. The molecule has 4 nitrogen and oxygen atoms in total. The lowest BCUT2D eigenvalue weighted by atomic mass is 10.0. The van der Waals surface area contributed by atoms with Gasteiger partial charge in [0.05, 0.1) is 29.1 Å². The maximum absolute atomic E-state index is 13.0. The molecule has 146 valence electrons. The Kier molecular flexibility index (Phi) is 5.48. The number of esters is 1. The first-order chi connectivity index (χ1) is 12.3. The molecule has 0 fully saturated rings. The highest BCUT2D eigenvalue weighted by molar-refractivity contribution is 5.91. The Labute approximate surface area is 150 Å². The van der Waals surface area contributed by atoms with Gasteiger partial charge in [-0.1, -0.05) is 0 Å². The van der Waals surface area contributed by atoms with Crippen molar-refractivity contribution in [1.29, 1.82) is 0 Å². The Bertz CT molecular complexity index is 819. The normalized spacial score (nSPS) is 12.2. The molecule has 0 amide bonds. The number of carbonyl (C=O) groups is 1. The number of aromatic nitrogens is 2. The van der Waals surface area contributed by atoms with Gasteiger partial charge in [-0.25, -0.2) is 14.8 Å². The summed E-state index contributed by atoms with van der Waals surface area (Å²) in [5.41, 5.74) is -3.22. The lowest BCUT2D eigenvalue weighted by molar-refractivity contribution is -0.143. The molecule has 0 atom stereocenters. The molecule has 1 heterocycles. The van der Waals surface area contributed by atoms with Crippen molar-refractivity contribution in [2.45, 2.75) is 33.1 Å². The molecule has 0 saturated heterocycles. The molecule has 0 aliphatic heterocycles. The van der Waals surface area contributed by atoms with Crippen LogP contribution in [0.1, 0.15) is 39.8 Å². The number of hydrogen-bond donors (Lipinski definition) is 0. The topological polar surface area (TPSA) is 52.1 Å². The summed E-state index contributed by atoms with van der Waals surface area (Å²) in [6, 6.07) is 1.09. The molecule has 1 aromatic carbocycles. The summed E-state index contributed by atoms with van der Waals surface area (Å²) in [5, 5.41) is 0. The Morgan fingerprint density at radius 2 is 1.37 bits per heavy atom. The first kappa shape index (κ1) is 20.7. The molecule has 0 radical (unpaired) electrons. The molecule has 10 heteroatoms. The van der Waals surface area contributed by atoms with Gasteiger partial charge in [0.15, 0.2) is 5.82 Å². The minimum atomic E-state index is -4.98. The lowest BCUT2D eigenvalue weighted by Gasteiger charge is -2.15. The Morgan fingerprint density at radius 3 is 1.74 bits per heavy atom. The van der Waals surface area contributed by atoms with Crippen LogP contribution in [0.3, 0.4) is 0 Å². The zero-order chi connectivity index (χ0) is 20.6. The highest BCUT2D eigenvalue weighted by Crippen LogP contribution is 2.38. The largest absolute Gasteiger partial charge is 0.462 e. The fourth-order valence-electron chi connectivity index (χ4n) is 2.43. The summed E-state index contributed by atoms with van der Waals surface area (Å²) < 4.78 is 82.8. The lowest BCUT2D eigenvalue weighted by Crippen LogP contribution is -2.14. The molecule has 0 aliphatic carbocycles. The molecule has 0 bridgehead atoms. The summed E-state index contributed by atoms with van der Waals surface area (Å²) in [6.07, 6.45) is -9.96. The van der Waals surface area contributed by atoms with Crippen molar-refractivity contribution in [2.75, 3.05) is 6.61 Å². The number of halogens is 6. The number of aryl methyl sites for hydroxylation is 2. The van der Waals surface area contributed by atoms with Crippen LogP contribution in [0.25, 0.3) is 11.4 Å². The molecule has 2 aromatic rings. The molecule has 1 aromatic heterocycles. The first-order valence-corrected chi connectivity index (χ1v) is 7.66. The number of nitrogens with zero attached hydrogens (tertiary/aromatic N) is 2. The zero-order valence-electron chi connectivity index (χ0n) is 14.4. The summed E-state index contributed by atoms with van der Waals surface area (Å²) in [5.74, 6) is -1.08. The van der Waals surface area contributed by atoms with Crippen LogP contribution in [0.15, 0.2) is 18.2 Å². The van der Waals surface area contributed by atoms with Crippen LogP contribution in [-0.4, -0.2) is 22.5 Å². The van der Waals surface area contributed by atoms with Crippen LogP contribution in [-0.2, 0) is 17.1 Å². The molecular formula is C17H14F6N2O2. The van der Waals surface area contributed by atoms with E-state index in [0.29, 0.717) is 12.1 Å². The van der Waals surface area contributed by atoms with Crippen LogP contribution in [0.4, 0.5) is 26.3 Å². The minimum absolute atomic E-state index is 0.0172. The second-order valence-electron chi connectivity index (χ2n) is 5.61. The Hall–Kier alpha value is -2.65. The van der Waals surface area contributed by atoms with Crippen molar-refractivity contribution in [3.8, 4) is 11.4 Å². The van der Waals surface area contributed by atoms with Gasteiger partial charge in [-0.15, -0.1) is 0 Å². The standard InChI is InChI=1S/C17H14F6N2O2/c1-4-27-15(26)13-8(2)24-14(25-9(13)3)10-5-11(16(18,19)20)7-12(6-10)17(21,22)23/h5-7H,4H2,1-3H3. The van der Waals surface area contributed by atoms with Crippen molar-refractivity contribution in [1.82, 2.24) is 9.97 Å². The summed E-state index contributed by atoms with van der Waals surface area (Å²) in [6.45, 7) is 4.45. The van der Waals surface area contributed by atoms with Crippen molar-refractivity contribution < 1.29 is 35.9 Å². The zero-order valence-corrected chi connectivity index (χ0v) is 14.4. The molecule has 0 saturated carbocycles. The quantitative estimate of drug-likeness (QED) is 0.546. The van der Waals surface area contributed by atoms with Gasteiger partial charge in [-0.3, -0.25) is 0 Å². The minimum Gasteiger partial charge on any atom is -0.462 e. The highest BCUT2D eigenvalue weighted by Gasteiger charge is 2.37. The molecule has 0 N–H and O–H groups in total. The molecule has 0 aliphatic rings. The van der Waals surface area contributed by atoms with Gasteiger partial charge in [0.2, 0.25) is 0 Å². The van der Waals surface area contributed by atoms with Gasteiger partial charge in [-0.05, 0) is 39.0 Å². The smallest absolute Gasteiger partial charge is 0.416 e. The molecule has 2 rings (SSSR count). The van der Waals surface area contributed by atoms with E-state index in [9.17, 15) is 31.1 Å². The van der Waals surface area contributed by atoms with Crippen LogP contribution >= 0.6 is 0 Å². The average molecular weight is 392 g/mol. The van der Waals surface area contributed by atoms with Crippen LogP contribution < -0.4 is 0 Å². The predicted molar refractivity (Wildman–Crippen MR) is 82.9 cm³/mol. The van der Waals surface area contributed by atoms with E-state index in [1.54, 1.807) is 6.92 Å². The van der Waals surface area contributed by atoms with Crippen molar-refractivity contribution in [3.63, 3.8) is 0 Å². The fourth-order valence-corrected chi connectivity index (χ4v) is 2.43. The Balaban J connectivity index is 2.66. The Morgan fingerprint density at radius 1 is 0.926 bits per heavy atom. The summed E-state index contributed by atoms with van der Waals surface area (Å²) in [7, 11) is 0. The number of ether oxygens (including phenoxy) is 1. The van der Waals surface area contributed by atoms with Crippen molar-refractivity contribution >= 4 is 5.97 Å². The molecule has 0 spiro atoms. The van der Waals surface area contributed by atoms with Gasteiger partial charge < -0.3 is 4.74 Å². The molecule has 27 heavy (non-hydrogen) atoms. The number of rotatable bonds is 3. The summed E-state index contributed by atoms with van der Waals surface area (Å²) in [4.78, 5) is 19.7. The third-order valence-corrected chi connectivity index (χ3v) is 3.60. The van der Waals surface area contributed by atoms with E-state index in [2.05, 4.69) is 9.97 Å². The first-order valence-electron chi connectivity index (χ1n) is 7.66. The third kappa shape index (κ3) is 4.55.